The number of hydrogen-bond acceptors (Lipinski definition) is 4. The summed E-state index contributed by atoms with van der Waals surface area (Å²) in [7, 11) is 3.24. The molecule has 1 aromatic heterocycles. The van der Waals surface area contributed by atoms with Gasteiger partial charge in [-0.25, -0.2) is 9.59 Å². The minimum Gasteiger partial charge on any atom is -0.466 e. The smallest absolute Gasteiger partial charge is 0.412 e. The number of nitrogens with one attached hydrogen (secondary N) is 1. The molecule has 6 heteroatoms. The second-order valence-corrected chi connectivity index (χ2v) is 5.75. The van der Waals surface area contributed by atoms with Crippen molar-refractivity contribution in [3.8, 4) is 5.75 Å². The average Bonchev–Trinajstić information content (AvgIpc) is 2.92. The molecule has 1 aromatic carbocycles. The van der Waals surface area contributed by atoms with Crippen LogP contribution in [0, 0.1) is 0 Å². The lowest BCUT2D eigenvalue weighted by Gasteiger charge is -2.07. The van der Waals surface area contributed by atoms with Crippen LogP contribution in [0.2, 0.25) is 0 Å². The first kappa shape index (κ1) is 18.6. The van der Waals surface area contributed by atoms with Crippen molar-refractivity contribution in [3.05, 3.63) is 36.0 Å². The van der Waals surface area contributed by atoms with E-state index in [1.807, 2.05) is 23.9 Å². The molecule has 1 heterocycles. The molecule has 0 bridgehead atoms. The molecule has 0 saturated heterocycles. The molecule has 25 heavy (non-hydrogen) atoms. The Bertz CT molecular complexity index is 777. The SMILES string of the molecule is CCCCCNC(=O)Oc1ccc2c(/C=C/C(=O)OC)cn(C)c2c1. The lowest BCUT2D eigenvalue weighted by atomic mass is 10.1. The quantitative estimate of drug-likeness (QED) is 0.473. The summed E-state index contributed by atoms with van der Waals surface area (Å²) in [5, 5.41) is 3.70. The molecule has 6 nitrogen and oxygen atoms in total. The number of amides is 1. The number of esters is 1. The predicted octanol–water partition coefficient (Wildman–Crippen LogP) is 3.64. The van der Waals surface area contributed by atoms with Crippen molar-refractivity contribution in [3.63, 3.8) is 0 Å². The Morgan fingerprint density at radius 3 is 2.80 bits per heavy atom. The molecule has 0 atom stereocenters. The van der Waals surface area contributed by atoms with E-state index in [9.17, 15) is 9.59 Å². The molecule has 2 aromatic rings. The van der Waals surface area contributed by atoms with Crippen LogP contribution in [0.5, 0.6) is 5.75 Å². The van der Waals surface area contributed by atoms with Gasteiger partial charge in [-0.1, -0.05) is 19.8 Å². The van der Waals surface area contributed by atoms with Crippen molar-refractivity contribution in [2.75, 3.05) is 13.7 Å². The van der Waals surface area contributed by atoms with Crippen LogP contribution in [0.25, 0.3) is 17.0 Å². The molecule has 0 saturated carbocycles. The number of nitrogens with zero attached hydrogens (tertiary/aromatic N) is 1. The summed E-state index contributed by atoms with van der Waals surface area (Å²) in [6.07, 6.45) is 7.66. The zero-order valence-electron chi connectivity index (χ0n) is 14.9. The van der Waals surface area contributed by atoms with E-state index in [4.69, 9.17) is 4.74 Å². The Morgan fingerprint density at radius 1 is 1.28 bits per heavy atom. The number of unbranched alkanes of at least 4 members (excludes halogenated alkanes) is 2. The normalized spacial score (nSPS) is 11.0. The van der Waals surface area contributed by atoms with E-state index in [0.29, 0.717) is 12.3 Å². The molecule has 1 amide bonds. The Hall–Kier alpha value is -2.76. The van der Waals surface area contributed by atoms with E-state index in [0.717, 1.165) is 35.7 Å². The maximum Gasteiger partial charge on any atom is 0.412 e. The van der Waals surface area contributed by atoms with Crippen molar-refractivity contribution in [1.29, 1.82) is 0 Å². The van der Waals surface area contributed by atoms with Gasteiger partial charge in [-0.05, 0) is 24.6 Å². The van der Waals surface area contributed by atoms with Crippen LogP contribution < -0.4 is 10.1 Å². The summed E-state index contributed by atoms with van der Waals surface area (Å²) in [5.41, 5.74) is 1.79. The summed E-state index contributed by atoms with van der Waals surface area (Å²) in [6, 6.07) is 5.41. The van der Waals surface area contributed by atoms with Crippen molar-refractivity contribution in [2.24, 2.45) is 7.05 Å². The molecule has 0 aliphatic heterocycles. The topological polar surface area (TPSA) is 69.6 Å². The van der Waals surface area contributed by atoms with Gasteiger partial charge < -0.3 is 19.4 Å². The van der Waals surface area contributed by atoms with E-state index >= 15 is 0 Å². The molecule has 0 unspecified atom stereocenters. The van der Waals surface area contributed by atoms with Gasteiger partial charge >= 0.3 is 12.1 Å². The third kappa shape index (κ3) is 5.11. The van der Waals surface area contributed by atoms with Gasteiger partial charge in [0.2, 0.25) is 0 Å². The largest absolute Gasteiger partial charge is 0.466 e. The Morgan fingerprint density at radius 2 is 2.08 bits per heavy atom. The van der Waals surface area contributed by atoms with Crippen molar-refractivity contribution in [1.82, 2.24) is 9.88 Å². The maximum atomic E-state index is 11.8. The van der Waals surface area contributed by atoms with Crippen LogP contribution in [0.3, 0.4) is 0 Å². The number of fused-ring (bicyclic) bond motifs is 1. The number of aromatic nitrogens is 1. The van der Waals surface area contributed by atoms with Gasteiger partial charge in [-0.15, -0.1) is 0 Å². The number of hydrogen-bond donors (Lipinski definition) is 1. The number of ether oxygens (including phenoxy) is 2. The van der Waals surface area contributed by atoms with Crippen LogP contribution in [0.4, 0.5) is 4.79 Å². The highest BCUT2D eigenvalue weighted by atomic mass is 16.6. The Labute approximate surface area is 147 Å². The molecule has 0 aliphatic rings. The third-order valence-electron chi connectivity index (χ3n) is 3.85. The zero-order valence-corrected chi connectivity index (χ0v) is 14.9. The Kier molecular flexibility index (Phi) is 6.62. The second-order valence-electron chi connectivity index (χ2n) is 5.75. The summed E-state index contributed by atoms with van der Waals surface area (Å²) < 4.78 is 11.8. The van der Waals surface area contributed by atoms with Crippen molar-refractivity contribution >= 4 is 29.0 Å². The maximum absolute atomic E-state index is 11.8. The van der Waals surface area contributed by atoms with Crippen LogP contribution in [0.15, 0.2) is 30.5 Å². The number of carbonyl (C=O) groups is 2. The first-order valence-electron chi connectivity index (χ1n) is 8.36. The minimum absolute atomic E-state index is 0.406. The molecular weight excluding hydrogens is 320 g/mol. The standard InChI is InChI=1S/C19H24N2O4/c1-4-5-6-11-20-19(23)25-15-8-9-16-14(7-10-18(22)24-3)13-21(2)17(16)12-15/h7-10,12-13H,4-6,11H2,1-3H3,(H,20,23)/b10-7+. The fraction of sp³-hybridized carbons (Fsp3) is 0.368. The molecule has 0 radical (unpaired) electrons. The molecule has 2 rings (SSSR count). The molecule has 0 fully saturated rings. The fourth-order valence-corrected chi connectivity index (χ4v) is 2.53. The second kappa shape index (κ2) is 8.92. The highest BCUT2D eigenvalue weighted by Gasteiger charge is 2.09. The minimum atomic E-state index is -0.449. The van der Waals surface area contributed by atoms with E-state index in [1.165, 1.54) is 13.2 Å². The van der Waals surface area contributed by atoms with Gasteiger partial charge in [0.15, 0.2) is 0 Å². The number of aryl methyl sites for hydroxylation is 1. The lowest BCUT2D eigenvalue weighted by Crippen LogP contribution is -2.27. The summed E-state index contributed by atoms with van der Waals surface area (Å²) in [5.74, 6) is 0.0712. The fourth-order valence-electron chi connectivity index (χ4n) is 2.53. The molecule has 0 spiro atoms. The van der Waals surface area contributed by atoms with Gasteiger partial charge in [0, 0.05) is 42.9 Å². The van der Waals surface area contributed by atoms with Gasteiger partial charge in [-0.3, -0.25) is 0 Å². The molecule has 0 aliphatic carbocycles. The number of methoxy groups -OCH3 is 1. The van der Waals surface area contributed by atoms with Crippen molar-refractivity contribution < 1.29 is 19.1 Å². The highest BCUT2D eigenvalue weighted by Crippen LogP contribution is 2.26. The monoisotopic (exact) mass is 344 g/mol. The highest BCUT2D eigenvalue weighted by molar-refractivity contribution is 5.95. The molecular formula is C19H24N2O4. The zero-order chi connectivity index (χ0) is 18.2. The lowest BCUT2D eigenvalue weighted by molar-refractivity contribution is -0.134. The first-order valence-corrected chi connectivity index (χ1v) is 8.36. The predicted molar refractivity (Wildman–Crippen MR) is 97.5 cm³/mol. The first-order chi connectivity index (χ1) is 12.0. The van der Waals surface area contributed by atoms with Crippen LogP contribution in [-0.4, -0.2) is 30.3 Å². The van der Waals surface area contributed by atoms with E-state index in [1.54, 1.807) is 18.2 Å². The summed E-state index contributed by atoms with van der Waals surface area (Å²) in [6.45, 7) is 2.73. The van der Waals surface area contributed by atoms with Gasteiger partial charge in [-0.2, -0.15) is 0 Å². The van der Waals surface area contributed by atoms with Crippen LogP contribution >= 0.6 is 0 Å². The number of rotatable bonds is 7. The summed E-state index contributed by atoms with van der Waals surface area (Å²) in [4.78, 5) is 23.1. The van der Waals surface area contributed by atoms with Gasteiger partial charge in [0.25, 0.3) is 0 Å². The number of carbonyl (C=O) groups excluding carboxylic acids is 2. The van der Waals surface area contributed by atoms with E-state index in [2.05, 4.69) is 17.0 Å². The van der Waals surface area contributed by atoms with E-state index < -0.39 is 12.1 Å². The Balaban J connectivity index is 2.09. The third-order valence-corrected chi connectivity index (χ3v) is 3.85. The van der Waals surface area contributed by atoms with Crippen LogP contribution in [-0.2, 0) is 16.6 Å². The van der Waals surface area contributed by atoms with Gasteiger partial charge in [0.1, 0.15) is 5.75 Å². The van der Waals surface area contributed by atoms with E-state index in [-0.39, 0.29) is 0 Å². The average molecular weight is 344 g/mol. The van der Waals surface area contributed by atoms with Crippen LogP contribution in [0.1, 0.15) is 31.7 Å². The summed E-state index contributed by atoms with van der Waals surface area (Å²) >= 11 is 0. The van der Waals surface area contributed by atoms with Crippen molar-refractivity contribution in [2.45, 2.75) is 26.2 Å². The molecule has 1 N–H and O–H groups in total. The van der Waals surface area contributed by atoms with Gasteiger partial charge in [0.05, 0.1) is 12.6 Å². The number of benzene rings is 1. The molecule has 134 valence electrons.